The summed E-state index contributed by atoms with van der Waals surface area (Å²) < 4.78 is 27.1. The number of fused-ring (bicyclic) bond motifs is 2. The minimum absolute atomic E-state index is 0.0511. The molecule has 1 aromatic heterocycles. The molecule has 15 heteroatoms. The fraction of sp³-hybridized carbons (Fsp3) is 0.706. The van der Waals surface area contributed by atoms with Gasteiger partial charge in [0.1, 0.15) is 29.9 Å². The predicted molar refractivity (Wildman–Crippen MR) is 172 cm³/mol. The van der Waals surface area contributed by atoms with Crippen LogP contribution < -0.4 is 21.3 Å². The normalized spacial score (nSPS) is 24.1. The number of ketones is 1. The highest BCUT2D eigenvalue weighted by atomic mass is 19.3. The molecule has 1 aromatic rings. The molecule has 1 saturated heterocycles. The Hall–Kier alpha value is -4.04. The number of rotatable bonds is 13. The number of carbonyl (C=O) groups excluding carboxylic acids is 6. The summed E-state index contributed by atoms with van der Waals surface area (Å²) in [6.45, 7) is 5.34. The number of nitrogens with one attached hydrogen (secondary N) is 4. The van der Waals surface area contributed by atoms with Crippen LogP contribution in [-0.4, -0.2) is 92.9 Å². The van der Waals surface area contributed by atoms with Gasteiger partial charge >= 0.3 is 0 Å². The first-order chi connectivity index (χ1) is 23.2. The highest BCUT2D eigenvalue weighted by Gasteiger charge is 2.54. The molecule has 4 aliphatic rings. The molecule has 0 radical (unpaired) electrons. The maximum absolute atomic E-state index is 14.5. The number of likely N-dealkylation sites (tertiary alicyclic amines) is 1. The van der Waals surface area contributed by atoms with Gasteiger partial charge in [-0.05, 0) is 62.2 Å². The Morgan fingerprint density at radius 2 is 1.63 bits per heavy atom. The van der Waals surface area contributed by atoms with Gasteiger partial charge in [0.05, 0.1) is 6.20 Å². The van der Waals surface area contributed by atoms with Crippen molar-refractivity contribution in [2.75, 3.05) is 0 Å². The molecular formula is C34H47F2N7O6. The van der Waals surface area contributed by atoms with Crippen LogP contribution in [-0.2, 0) is 24.0 Å². The summed E-state index contributed by atoms with van der Waals surface area (Å²) in [5, 5.41) is 10.6. The van der Waals surface area contributed by atoms with Crippen LogP contribution in [0.15, 0.2) is 18.6 Å². The molecule has 3 aliphatic carbocycles. The van der Waals surface area contributed by atoms with Crippen LogP contribution in [0.4, 0.5) is 8.78 Å². The molecular weight excluding hydrogens is 640 g/mol. The number of amides is 5. The molecule has 5 rings (SSSR count). The predicted octanol–water partition coefficient (Wildman–Crippen LogP) is 2.05. The van der Waals surface area contributed by atoms with Crippen LogP contribution in [0.1, 0.15) is 102 Å². The number of nitrogens with zero attached hydrogens (tertiary/aromatic N) is 3. The average molecular weight is 688 g/mol. The zero-order valence-electron chi connectivity index (χ0n) is 28.3. The van der Waals surface area contributed by atoms with E-state index in [2.05, 4.69) is 31.2 Å². The molecule has 4 N–H and O–H groups in total. The van der Waals surface area contributed by atoms with Crippen molar-refractivity contribution in [3.63, 3.8) is 0 Å². The largest absolute Gasteiger partial charge is 0.347 e. The molecule has 268 valence electrons. The Labute approximate surface area is 284 Å². The third-order valence-electron chi connectivity index (χ3n) is 10.2. The smallest absolute Gasteiger partial charge is 0.289 e. The summed E-state index contributed by atoms with van der Waals surface area (Å²) in [7, 11) is 0. The number of carbonyl (C=O) groups is 6. The van der Waals surface area contributed by atoms with Gasteiger partial charge in [0.15, 0.2) is 0 Å². The van der Waals surface area contributed by atoms with Crippen molar-refractivity contribution in [1.29, 1.82) is 0 Å². The minimum atomic E-state index is -2.97. The van der Waals surface area contributed by atoms with Crippen molar-refractivity contribution in [3.8, 4) is 0 Å². The number of piperidine rings is 1. The van der Waals surface area contributed by atoms with Crippen molar-refractivity contribution in [3.05, 3.63) is 24.3 Å². The number of aromatic nitrogens is 2. The molecule has 2 bridgehead atoms. The van der Waals surface area contributed by atoms with Crippen LogP contribution in [0.25, 0.3) is 0 Å². The standard InChI is InChI=1S/C34H47F2N7O6/c1-34(2,3)28(42-30(46)25(18-7-5-4-6-8-18)41-29(45)23-17-37-13-14-38-23)33(49)43-21-12-9-19(15-21)26(43)31(47)40-22(16-24(35)36)27(44)32(48)39-20-10-11-20/h13-14,17-22,24-26,28H,4-12,15-16H2,1-3H3,(H,39,48)(H,40,47)(H,41,45)(H,42,46)/t19-,21+,22-,25-,26-,28+/m0/s1. The molecule has 3 saturated carbocycles. The van der Waals surface area contributed by atoms with Crippen molar-refractivity contribution < 1.29 is 37.5 Å². The van der Waals surface area contributed by atoms with Crippen LogP contribution >= 0.6 is 0 Å². The molecule has 0 unspecified atom stereocenters. The zero-order valence-corrected chi connectivity index (χ0v) is 28.3. The minimum Gasteiger partial charge on any atom is -0.347 e. The van der Waals surface area contributed by atoms with E-state index in [0.717, 1.165) is 19.3 Å². The number of alkyl halides is 2. The van der Waals surface area contributed by atoms with E-state index in [4.69, 9.17) is 0 Å². The maximum Gasteiger partial charge on any atom is 0.289 e. The van der Waals surface area contributed by atoms with E-state index in [9.17, 15) is 37.5 Å². The van der Waals surface area contributed by atoms with Gasteiger partial charge < -0.3 is 26.2 Å². The zero-order chi connectivity index (χ0) is 35.5. The lowest BCUT2D eigenvalue weighted by molar-refractivity contribution is -0.149. The van der Waals surface area contributed by atoms with Crippen molar-refractivity contribution in [1.82, 2.24) is 36.1 Å². The summed E-state index contributed by atoms with van der Waals surface area (Å²) in [5.74, 6) is -5.03. The Kier molecular flexibility index (Phi) is 11.3. The number of hydrogen-bond acceptors (Lipinski definition) is 8. The highest BCUT2D eigenvalue weighted by Crippen LogP contribution is 2.44. The van der Waals surface area contributed by atoms with E-state index >= 15 is 0 Å². The van der Waals surface area contributed by atoms with Gasteiger partial charge in [0, 0.05) is 30.9 Å². The molecule has 2 heterocycles. The molecule has 4 fully saturated rings. The molecule has 0 aromatic carbocycles. The van der Waals surface area contributed by atoms with Gasteiger partial charge in [-0.25, -0.2) is 13.8 Å². The number of halogens is 2. The first-order valence-corrected chi connectivity index (χ1v) is 17.4. The molecule has 49 heavy (non-hydrogen) atoms. The van der Waals surface area contributed by atoms with E-state index in [1.54, 1.807) is 20.8 Å². The van der Waals surface area contributed by atoms with E-state index < -0.39 is 77.7 Å². The number of Topliss-reactive ketones (excluding diaryl/α,β-unsaturated/α-hetero) is 1. The summed E-state index contributed by atoms with van der Waals surface area (Å²) in [6, 6.07) is -5.41. The van der Waals surface area contributed by atoms with Gasteiger partial charge in [-0.3, -0.25) is 33.8 Å². The van der Waals surface area contributed by atoms with Crippen LogP contribution in [0.3, 0.4) is 0 Å². The second kappa shape index (κ2) is 15.2. The van der Waals surface area contributed by atoms with Gasteiger partial charge in [-0.2, -0.15) is 0 Å². The van der Waals surface area contributed by atoms with Gasteiger partial charge in [-0.15, -0.1) is 0 Å². The first-order valence-electron chi connectivity index (χ1n) is 17.4. The average Bonchev–Trinajstić information content (AvgIpc) is 3.64. The van der Waals surface area contributed by atoms with Crippen LogP contribution in [0.2, 0.25) is 0 Å². The lowest BCUT2D eigenvalue weighted by atomic mass is 9.81. The topological polar surface area (TPSA) is 180 Å². The van der Waals surface area contributed by atoms with Crippen molar-refractivity contribution in [2.45, 2.75) is 134 Å². The fourth-order valence-corrected chi connectivity index (χ4v) is 7.48. The quantitative estimate of drug-likeness (QED) is 0.228. The van der Waals surface area contributed by atoms with Gasteiger partial charge in [0.2, 0.25) is 29.9 Å². The first kappa shape index (κ1) is 36.2. The Morgan fingerprint density at radius 3 is 2.24 bits per heavy atom. The summed E-state index contributed by atoms with van der Waals surface area (Å²) in [6.07, 6.45) is 7.45. The lowest BCUT2D eigenvalue weighted by Gasteiger charge is -2.41. The van der Waals surface area contributed by atoms with Crippen molar-refractivity contribution >= 4 is 35.3 Å². The summed E-state index contributed by atoms with van der Waals surface area (Å²) >= 11 is 0. The van der Waals surface area contributed by atoms with Crippen LogP contribution in [0, 0.1) is 17.3 Å². The molecule has 6 atom stereocenters. The highest BCUT2D eigenvalue weighted by molar-refractivity contribution is 6.38. The molecule has 5 amide bonds. The van der Waals surface area contributed by atoms with Crippen LogP contribution in [0.5, 0.6) is 0 Å². The lowest BCUT2D eigenvalue weighted by Crippen LogP contribution is -2.64. The van der Waals surface area contributed by atoms with E-state index in [0.29, 0.717) is 44.9 Å². The van der Waals surface area contributed by atoms with Gasteiger partial charge in [-0.1, -0.05) is 40.0 Å². The summed E-state index contributed by atoms with van der Waals surface area (Å²) in [4.78, 5) is 90.2. The van der Waals surface area contributed by atoms with Crippen molar-refractivity contribution in [2.24, 2.45) is 17.3 Å². The Bertz CT molecular complexity index is 1410. The third kappa shape index (κ3) is 8.77. The number of hydrogen-bond donors (Lipinski definition) is 4. The van der Waals surface area contributed by atoms with Gasteiger partial charge in [0.25, 0.3) is 11.8 Å². The molecule has 0 spiro atoms. The SMILES string of the molecule is CC(C)(C)[C@H](NC(=O)[C@@H](NC(=O)c1cnccn1)C1CCCCC1)C(=O)N1[C@@H]2CC[C@@H](C2)[C@H]1C(=O)N[C@@H](CC(F)F)C(=O)C(=O)NC1CC1. The fourth-order valence-electron chi connectivity index (χ4n) is 7.48. The Balaban J connectivity index is 1.35. The van der Waals surface area contributed by atoms with E-state index in [1.165, 1.54) is 23.5 Å². The third-order valence-corrected chi connectivity index (χ3v) is 10.2. The Morgan fingerprint density at radius 1 is 0.918 bits per heavy atom. The molecule has 13 nitrogen and oxygen atoms in total. The molecule has 1 aliphatic heterocycles. The monoisotopic (exact) mass is 687 g/mol. The van der Waals surface area contributed by atoms with E-state index in [1.807, 2.05) is 0 Å². The maximum atomic E-state index is 14.5. The second-order valence-electron chi connectivity index (χ2n) is 15.0. The van der Waals surface area contributed by atoms with E-state index in [-0.39, 0.29) is 29.6 Å². The second-order valence-corrected chi connectivity index (χ2v) is 15.0. The summed E-state index contributed by atoms with van der Waals surface area (Å²) in [5.41, 5.74) is -0.786.